The lowest BCUT2D eigenvalue weighted by Gasteiger charge is -2.26. The van der Waals surface area contributed by atoms with Crippen molar-refractivity contribution in [3.63, 3.8) is 0 Å². The first kappa shape index (κ1) is 22.8. The average Bonchev–Trinajstić information content (AvgIpc) is 2.86. The van der Waals surface area contributed by atoms with Crippen molar-refractivity contribution < 1.29 is 14.3 Å². The topological polar surface area (TPSA) is 50.8 Å². The average molecular weight is 443 g/mol. The minimum atomic E-state index is -0.143. The van der Waals surface area contributed by atoms with Crippen LogP contribution in [0.5, 0.6) is 5.75 Å². The van der Waals surface area contributed by atoms with Crippen LogP contribution in [-0.2, 0) is 16.1 Å². The lowest BCUT2D eigenvalue weighted by Crippen LogP contribution is -2.35. The largest absolute Gasteiger partial charge is 0.494 e. The number of morpholine rings is 1. The molecule has 3 aromatic rings. The number of nitrogens with one attached hydrogen (secondary N) is 1. The lowest BCUT2D eigenvalue weighted by molar-refractivity contribution is -0.111. The Hall–Kier alpha value is -3.41. The summed E-state index contributed by atoms with van der Waals surface area (Å²) in [6.07, 6.45) is 1.91. The number of hydrogen-bond acceptors (Lipinski definition) is 4. The summed E-state index contributed by atoms with van der Waals surface area (Å²) in [5.41, 5.74) is 4.42. The number of nitrogens with zero attached hydrogens (tertiary/aromatic N) is 1. The van der Waals surface area contributed by atoms with Crippen LogP contribution in [0.3, 0.4) is 0 Å². The minimum absolute atomic E-state index is 0.143. The summed E-state index contributed by atoms with van der Waals surface area (Å²) in [5.74, 6) is 0.675. The van der Waals surface area contributed by atoms with Gasteiger partial charge in [-0.15, -0.1) is 0 Å². The maximum Gasteiger partial charge on any atom is 0.256 e. The Bertz CT molecular complexity index is 1050. The van der Waals surface area contributed by atoms with E-state index in [2.05, 4.69) is 22.3 Å². The highest BCUT2D eigenvalue weighted by Crippen LogP contribution is 2.22. The van der Waals surface area contributed by atoms with Gasteiger partial charge in [0.25, 0.3) is 5.91 Å². The first-order chi connectivity index (χ1) is 16.2. The van der Waals surface area contributed by atoms with Gasteiger partial charge in [0.1, 0.15) is 5.75 Å². The lowest BCUT2D eigenvalue weighted by atomic mass is 10.0. The van der Waals surface area contributed by atoms with Crippen molar-refractivity contribution in [3.8, 4) is 5.75 Å². The number of carbonyl (C=O) groups is 1. The van der Waals surface area contributed by atoms with Gasteiger partial charge in [0.2, 0.25) is 0 Å². The van der Waals surface area contributed by atoms with E-state index < -0.39 is 0 Å². The summed E-state index contributed by atoms with van der Waals surface area (Å²) in [6, 6.07) is 25.6. The molecule has 1 amide bonds. The molecule has 1 N–H and O–H groups in total. The molecule has 1 aliphatic heterocycles. The van der Waals surface area contributed by atoms with Crippen LogP contribution in [0, 0.1) is 0 Å². The molecule has 3 aromatic carbocycles. The smallest absolute Gasteiger partial charge is 0.256 e. The molecule has 1 heterocycles. The van der Waals surface area contributed by atoms with Crippen LogP contribution >= 0.6 is 0 Å². The second-order valence-corrected chi connectivity index (χ2v) is 7.97. The third kappa shape index (κ3) is 6.54. The molecule has 0 aromatic heterocycles. The van der Waals surface area contributed by atoms with E-state index in [9.17, 15) is 4.79 Å². The second kappa shape index (κ2) is 11.5. The summed E-state index contributed by atoms with van der Waals surface area (Å²) in [5, 5.41) is 3.06. The highest BCUT2D eigenvalue weighted by Gasteiger charge is 2.14. The van der Waals surface area contributed by atoms with Gasteiger partial charge in [-0.05, 0) is 54.0 Å². The van der Waals surface area contributed by atoms with Crippen molar-refractivity contribution in [2.45, 2.75) is 13.5 Å². The first-order valence-corrected chi connectivity index (χ1v) is 11.4. The molecule has 0 aliphatic carbocycles. The van der Waals surface area contributed by atoms with Gasteiger partial charge in [-0.1, -0.05) is 54.6 Å². The number of rotatable bonds is 8. The quantitative estimate of drug-likeness (QED) is 0.390. The molecule has 4 rings (SSSR count). The van der Waals surface area contributed by atoms with E-state index in [-0.39, 0.29) is 5.91 Å². The van der Waals surface area contributed by atoms with Crippen molar-refractivity contribution in [2.24, 2.45) is 0 Å². The van der Waals surface area contributed by atoms with Gasteiger partial charge < -0.3 is 14.8 Å². The fourth-order valence-corrected chi connectivity index (χ4v) is 3.80. The molecule has 1 fully saturated rings. The molecule has 0 atom stereocenters. The van der Waals surface area contributed by atoms with Crippen molar-refractivity contribution >= 4 is 23.2 Å². The van der Waals surface area contributed by atoms with Crippen LogP contribution in [0.15, 0.2) is 78.9 Å². The van der Waals surface area contributed by atoms with Crippen molar-refractivity contribution in [3.05, 3.63) is 95.6 Å². The molecule has 170 valence electrons. The molecule has 0 saturated carbocycles. The van der Waals surface area contributed by atoms with Crippen LogP contribution in [-0.4, -0.2) is 43.7 Å². The number of hydrogen-bond donors (Lipinski definition) is 1. The SMILES string of the molecule is CCOc1ccc(/C=C(/C(=O)Nc2ccc(CN3CCOCC3)cc2)c2ccccc2)cc1. The monoisotopic (exact) mass is 442 g/mol. The zero-order valence-electron chi connectivity index (χ0n) is 19.0. The zero-order chi connectivity index (χ0) is 22.9. The minimum Gasteiger partial charge on any atom is -0.494 e. The summed E-state index contributed by atoms with van der Waals surface area (Å²) in [6.45, 7) is 6.96. The summed E-state index contributed by atoms with van der Waals surface area (Å²) < 4.78 is 10.9. The van der Waals surface area contributed by atoms with Gasteiger partial charge in [-0.25, -0.2) is 0 Å². The Morgan fingerprint density at radius 2 is 1.67 bits per heavy atom. The fourth-order valence-electron chi connectivity index (χ4n) is 3.80. The molecule has 0 radical (unpaired) electrons. The Morgan fingerprint density at radius 3 is 2.33 bits per heavy atom. The van der Waals surface area contributed by atoms with E-state index in [1.165, 1.54) is 5.56 Å². The normalized spacial score (nSPS) is 14.6. The Labute approximate surface area is 195 Å². The number of carbonyl (C=O) groups excluding carboxylic acids is 1. The molecule has 5 nitrogen and oxygen atoms in total. The van der Waals surface area contributed by atoms with E-state index in [1.807, 2.05) is 79.7 Å². The van der Waals surface area contributed by atoms with Crippen molar-refractivity contribution in [2.75, 3.05) is 38.2 Å². The highest BCUT2D eigenvalue weighted by atomic mass is 16.5. The third-order valence-corrected chi connectivity index (χ3v) is 5.55. The second-order valence-electron chi connectivity index (χ2n) is 7.97. The third-order valence-electron chi connectivity index (χ3n) is 5.55. The van der Waals surface area contributed by atoms with E-state index in [0.717, 1.165) is 55.4 Å². The molecule has 0 bridgehead atoms. The Kier molecular flexibility index (Phi) is 7.90. The summed E-state index contributed by atoms with van der Waals surface area (Å²) in [4.78, 5) is 15.6. The van der Waals surface area contributed by atoms with Crippen LogP contribution in [0.1, 0.15) is 23.6 Å². The summed E-state index contributed by atoms with van der Waals surface area (Å²) >= 11 is 0. The van der Waals surface area contributed by atoms with E-state index in [0.29, 0.717) is 12.2 Å². The van der Waals surface area contributed by atoms with Crippen molar-refractivity contribution in [1.82, 2.24) is 4.90 Å². The predicted octanol–water partition coefficient (Wildman–Crippen LogP) is 5.10. The van der Waals surface area contributed by atoms with Crippen LogP contribution in [0.25, 0.3) is 11.6 Å². The summed E-state index contributed by atoms with van der Waals surface area (Å²) in [7, 11) is 0. The van der Waals surface area contributed by atoms with Gasteiger partial charge in [-0.2, -0.15) is 0 Å². The molecular weight excluding hydrogens is 412 g/mol. The van der Waals surface area contributed by atoms with E-state index in [4.69, 9.17) is 9.47 Å². The number of anilines is 1. The van der Waals surface area contributed by atoms with Gasteiger partial charge in [0.15, 0.2) is 0 Å². The fraction of sp³-hybridized carbons (Fsp3) is 0.250. The zero-order valence-corrected chi connectivity index (χ0v) is 19.0. The van der Waals surface area contributed by atoms with Crippen molar-refractivity contribution in [1.29, 1.82) is 0 Å². The highest BCUT2D eigenvalue weighted by molar-refractivity contribution is 6.29. The van der Waals surface area contributed by atoms with E-state index >= 15 is 0 Å². The number of amides is 1. The molecule has 33 heavy (non-hydrogen) atoms. The van der Waals surface area contributed by atoms with Gasteiger partial charge in [0.05, 0.1) is 19.8 Å². The molecule has 0 spiro atoms. The number of ether oxygens (including phenoxy) is 2. The van der Waals surface area contributed by atoms with Crippen LogP contribution in [0.4, 0.5) is 5.69 Å². The maximum atomic E-state index is 13.3. The predicted molar refractivity (Wildman–Crippen MR) is 133 cm³/mol. The molecule has 5 heteroatoms. The molecule has 0 unspecified atom stereocenters. The van der Waals surface area contributed by atoms with E-state index in [1.54, 1.807) is 0 Å². The number of benzene rings is 3. The van der Waals surface area contributed by atoms with Crippen LogP contribution < -0.4 is 10.1 Å². The Morgan fingerprint density at radius 1 is 0.970 bits per heavy atom. The van der Waals surface area contributed by atoms with Gasteiger partial charge in [0, 0.05) is 30.9 Å². The molecular formula is C28H30N2O3. The molecule has 1 saturated heterocycles. The van der Waals surface area contributed by atoms with Crippen LogP contribution in [0.2, 0.25) is 0 Å². The Balaban J connectivity index is 1.49. The van der Waals surface area contributed by atoms with Gasteiger partial charge in [-0.3, -0.25) is 9.69 Å². The maximum absolute atomic E-state index is 13.3. The van der Waals surface area contributed by atoms with Gasteiger partial charge >= 0.3 is 0 Å². The molecule has 1 aliphatic rings. The standard InChI is InChI=1S/C28H30N2O3/c1-2-33-26-14-10-22(11-15-26)20-27(24-6-4-3-5-7-24)28(31)29-25-12-8-23(9-13-25)21-30-16-18-32-19-17-30/h3-15,20H,2,16-19,21H2,1H3,(H,29,31)/b27-20+. The first-order valence-electron chi connectivity index (χ1n) is 11.4.